The summed E-state index contributed by atoms with van der Waals surface area (Å²) in [5, 5.41) is 9.05. The Labute approximate surface area is 125 Å². The third kappa shape index (κ3) is 4.35. The van der Waals surface area contributed by atoms with Gasteiger partial charge in [0.25, 0.3) is 0 Å². The molecule has 0 radical (unpaired) electrons. The van der Waals surface area contributed by atoms with Crippen LogP contribution in [0.4, 0.5) is 0 Å². The van der Waals surface area contributed by atoms with Crippen LogP contribution in [0, 0.1) is 0 Å². The molecule has 0 saturated carbocycles. The van der Waals surface area contributed by atoms with Gasteiger partial charge in [0.05, 0.1) is 6.42 Å². The van der Waals surface area contributed by atoms with Crippen molar-refractivity contribution in [1.82, 2.24) is 0 Å². The van der Waals surface area contributed by atoms with E-state index in [0.29, 0.717) is 18.3 Å². The highest BCUT2D eigenvalue weighted by atomic mass is 16.5. The Bertz CT molecular complexity index is 603. The third-order valence-electron chi connectivity index (χ3n) is 3.33. The lowest BCUT2D eigenvalue weighted by atomic mass is 9.99. The lowest BCUT2D eigenvalue weighted by molar-refractivity contribution is -0.136. The summed E-state index contributed by atoms with van der Waals surface area (Å²) in [5.41, 5.74) is 2.91. The van der Waals surface area contributed by atoms with Gasteiger partial charge in [0.1, 0.15) is 12.4 Å². The number of hydrogen-bond acceptors (Lipinski definition) is 2. The average molecular weight is 284 g/mol. The van der Waals surface area contributed by atoms with Crippen molar-refractivity contribution in [3.8, 4) is 5.75 Å². The van der Waals surface area contributed by atoms with Crippen LogP contribution in [-0.2, 0) is 17.8 Å². The van der Waals surface area contributed by atoms with Gasteiger partial charge in [-0.25, -0.2) is 0 Å². The Hall–Kier alpha value is -2.29. The minimum atomic E-state index is -0.847. The summed E-state index contributed by atoms with van der Waals surface area (Å²) in [7, 11) is 0. The van der Waals surface area contributed by atoms with E-state index < -0.39 is 5.97 Å². The molecule has 0 heterocycles. The topological polar surface area (TPSA) is 46.5 Å². The lowest BCUT2D eigenvalue weighted by Crippen LogP contribution is -2.05. The van der Waals surface area contributed by atoms with Gasteiger partial charge >= 0.3 is 5.97 Å². The number of carbonyl (C=O) groups is 1. The van der Waals surface area contributed by atoms with Gasteiger partial charge in [0, 0.05) is 5.56 Å². The molecule has 0 atom stereocenters. The van der Waals surface area contributed by atoms with E-state index in [0.717, 1.165) is 16.7 Å². The van der Waals surface area contributed by atoms with Gasteiger partial charge in [-0.1, -0.05) is 56.3 Å². The smallest absolute Gasteiger partial charge is 0.307 e. The summed E-state index contributed by atoms with van der Waals surface area (Å²) < 4.78 is 5.80. The van der Waals surface area contributed by atoms with E-state index in [-0.39, 0.29) is 6.42 Å². The number of aliphatic carboxylic acids is 1. The predicted octanol–water partition coefficient (Wildman–Crippen LogP) is 4.02. The van der Waals surface area contributed by atoms with Crippen LogP contribution in [0.5, 0.6) is 5.75 Å². The van der Waals surface area contributed by atoms with Crippen molar-refractivity contribution in [3.63, 3.8) is 0 Å². The second-order valence-corrected chi connectivity index (χ2v) is 5.37. The quantitative estimate of drug-likeness (QED) is 0.871. The second-order valence-electron chi connectivity index (χ2n) is 5.37. The van der Waals surface area contributed by atoms with Crippen molar-refractivity contribution in [1.29, 1.82) is 0 Å². The molecule has 0 fully saturated rings. The van der Waals surface area contributed by atoms with E-state index in [9.17, 15) is 4.79 Å². The molecule has 0 aromatic heterocycles. The molecule has 110 valence electrons. The molecule has 0 saturated heterocycles. The maximum absolute atomic E-state index is 11.0. The molecule has 3 nitrogen and oxygen atoms in total. The summed E-state index contributed by atoms with van der Waals surface area (Å²) in [6.07, 6.45) is -0.0231. The molecule has 0 unspecified atom stereocenters. The van der Waals surface area contributed by atoms with E-state index in [4.69, 9.17) is 9.84 Å². The first-order valence-corrected chi connectivity index (χ1v) is 7.07. The molecule has 0 aliphatic rings. The molecule has 1 N–H and O–H groups in total. The van der Waals surface area contributed by atoms with Gasteiger partial charge in [0.15, 0.2) is 0 Å². The molecule has 0 aliphatic carbocycles. The van der Waals surface area contributed by atoms with Crippen LogP contribution in [0.1, 0.15) is 36.5 Å². The fourth-order valence-electron chi connectivity index (χ4n) is 2.14. The second kappa shape index (κ2) is 6.93. The van der Waals surface area contributed by atoms with Crippen LogP contribution in [-0.4, -0.2) is 11.1 Å². The van der Waals surface area contributed by atoms with Crippen molar-refractivity contribution in [2.75, 3.05) is 0 Å². The minimum absolute atomic E-state index is 0.0231. The standard InChI is InChI=1S/C18H20O3/c1-13(2)15-8-9-17(16(10-15)11-18(19)20)21-12-14-6-4-3-5-7-14/h3-10,13H,11-12H2,1-2H3,(H,19,20). The molecule has 2 aromatic carbocycles. The minimum Gasteiger partial charge on any atom is -0.489 e. The van der Waals surface area contributed by atoms with Crippen LogP contribution in [0.25, 0.3) is 0 Å². The van der Waals surface area contributed by atoms with Gasteiger partial charge in [-0.05, 0) is 23.1 Å². The summed E-state index contributed by atoms with van der Waals surface area (Å²) in [6.45, 7) is 4.61. The number of carboxylic acid groups (broad SMARTS) is 1. The SMILES string of the molecule is CC(C)c1ccc(OCc2ccccc2)c(CC(=O)O)c1. The van der Waals surface area contributed by atoms with Crippen LogP contribution < -0.4 is 4.74 Å². The molecule has 3 heteroatoms. The lowest BCUT2D eigenvalue weighted by Gasteiger charge is -2.14. The number of ether oxygens (including phenoxy) is 1. The fraction of sp³-hybridized carbons (Fsp3) is 0.278. The Morgan fingerprint density at radius 1 is 1.14 bits per heavy atom. The zero-order chi connectivity index (χ0) is 15.2. The highest BCUT2D eigenvalue weighted by Crippen LogP contribution is 2.25. The zero-order valence-electron chi connectivity index (χ0n) is 12.4. The van der Waals surface area contributed by atoms with Gasteiger partial charge in [-0.15, -0.1) is 0 Å². The highest BCUT2D eigenvalue weighted by Gasteiger charge is 2.11. The molecule has 0 amide bonds. The molecular formula is C18H20O3. The molecule has 2 aromatic rings. The van der Waals surface area contributed by atoms with Crippen molar-refractivity contribution in [3.05, 3.63) is 65.2 Å². The Balaban J connectivity index is 2.19. The summed E-state index contributed by atoms with van der Waals surface area (Å²) in [4.78, 5) is 11.0. The normalized spacial score (nSPS) is 10.6. The monoisotopic (exact) mass is 284 g/mol. The van der Waals surface area contributed by atoms with Gasteiger partial charge in [-0.3, -0.25) is 4.79 Å². The Morgan fingerprint density at radius 3 is 2.48 bits per heavy atom. The highest BCUT2D eigenvalue weighted by molar-refractivity contribution is 5.71. The first-order valence-electron chi connectivity index (χ1n) is 7.07. The largest absolute Gasteiger partial charge is 0.489 e. The molecule has 0 spiro atoms. The average Bonchev–Trinajstić information content (AvgIpc) is 2.46. The number of rotatable bonds is 6. The molecular weight excluding hydrogens is 264 g/mol. The Kier molecular flexibility index (Phi) is 4.99. The van der Waals surface area contributed by atoms with Gasteiger partial charge < -0.3 is 9.84 Å². The molecule has 0 bridgehead atoms. The zero-order valence-corrected chi connectivity index (χ0v) is 12.4. The van der Waals surface area contributed by atoms with E-state index in [1.165, 1.54) is 0 Å². The maximum atomic E-state index is 11.0. The van der Waals surface area contributed by atoms with Crippen molar-refractivity contribution in [2.24, 2.45) is 0 Å². The van der Waals surface area contributed by atoms with Crippen molar-refractivity contribution >= 4 is 5.97 Å². The van der Waals surface area contributed by atoms with Crippen molar-refractivity contribution in [2.45, 2.75) is 32.8 Å². The van der Waals surface area contributed by atoms with Crippen LogP contribution >= 0.6 is 0 Å². The van der Waals surface area contributed by atoms with Crippen LogP contribution in [0.15, 0.2) is 48.5 Å². The van der Waals surface area contributed by atoms with Gasteiger partial charge in [0.2, 0.25) is 0 Å². The first kappa shape index (κ1) is 15.1. The Morgan fingerprint density at radius 2 is 1.86 bits per heavy atom. The summed E-state index contributed by atoms with van der Waals surface area (Å²) in [5.74, 6) is 0.159. The maximum Gasteiger partial charge on any atom is 0.307 e. The first-order chi connectivity index (χ1) is 10.1. The number of benzene rings is 2. The van der Waals surface area contributed by atoms with E-state index >= 15 is 0 Å². The van der Waals surface area contributed by atoms with E-state index in [1.807, 2.05) is 48.5 Å². The summed E-state index contributed by atoms with van der Waals surface area (Å²) >= 11 is 0. The van der Waals surface area contributed by atoms with Crippen LogP contribution in [0.3, 0.4) is 0 Å². The third-order valence-corrected chi connectivity index (χ3v) is 3.33. The van der Waals surface area contributed by atoms with E-state index in [1.54, 1.807) is 0 Å². The van der Waals surface area contributed by atoms with Crippen molar-refractivity contribution < 1.29 is 14.6 Å². The van der Waals surface area contributed by atoms with Crippen LogP contribution in [0.2, 0.25) is 0 Å². The molecule has 2 rings (SSSR count). The number of carboxylic acids is 1. The molecule has 0 aliphatic heterocycles. The van der Waals surface area contributed by atoms with Gasteiger partial charge in [-0.2, -0.15) is 0 Å². The number of hydrogen-bond donors (Lipinski definition) is 1. The predicted molar refractivity (Wildman–Crippen MR) is 82.6 cm³/mol. The molecule has 21 heavy (non-hydrogen) atoms. The fourth-order valence-corrected chi connectivity index (χ4v) is 2.14. The summed E-state index contributed by atoms with van der Waals surface area (Å²) in [6, 6.07) is 15.6. The van der Waals surface area contributed by atoms with E-state index in [2.05, 4.69) is 13.8 Å².